The first kappa shape index (κ1) is 17.2. The van der Waals surface area contributed by atoms with Crippen molar-refractivity contribution in [2.45, 2.75) is 13.2 Å². The van der Waals surface area contributed by atoms with E-state index in [1.807, 2.05) is 60.7 Å². The van der Waals surface area contributed by atoms with Crippen LogP contribution in [0.5, 0.6) is 0 Å². The van der Waals surface area contributed by atoms with E-state index >= 15 is 0 Å². The van der Waals surface area contributed by atoms with E-state index < -0.39 is 0 Å². The highest BCUT2D eigenvalue weighted by atomic mass is 16.5. The number of pyridine rings is 1. The Bertz CT molecular complexity index is 1120. The molecule has 0 bridgehead atoms. The maximum absolute atomic E-state index is 13.0. The normalized spacial score (nSPS) is 11.0. The number of carbonyl (C=O) groups is 1. The van der Waals surface area contributed by atoms with Gasteiger partial charge in [0.2, 0.25) is 0 Å². The van der Waals surface area contributed by atoms with Crippen LogP contribution in [-0.4, -0.2) is 18.0 Å². The maximum Gasteiger partial charge on any atom is 0.253 e. The summed E-state index contributed by atoms with van der Waals surface area (Å²) in [7, 11) is 1.67. The Morgan fingerprint density at radius 2 is 1.70 bits per heavy atom. The second kappa shape index (κ2) is 7.56. The molecule has 0 aliphatic rings. The predicted molar refractivity (Wildman–Crippen MR) is 108 cm³/mol. The lowest BCUT2D eigenvalue weighted by Crippen LogP contribution is -2.24. The Morgan fingerprint density at radius 1 is 0.963 bits per heavy atom. The van der Waals surface area contributed by atoms with Crippen molar-refractivity contribution in [3.8, 4) is 0 Å². The van der Waals surface area contributed by atoms with Gasteiger partial charge in [-0.1, -0.05) is 54.6 Å². The number of nitrogens with zero attached hydrogens (tertiary/aromatic N) is 1. The molecule has 4 nitrogen and oxygen atoms in total. The third-order valence-electron chi connectivity index (χ3n) is 4.72. The Labute approximate surface area is 157 Å². The minimum Gasteiger partial charge on any atom is -0.380 e. The van der Waals surface area contributed by atoms with Gasteiger partial charge < -0.3 is 10.1 Å². The van der Waals surface area contributed by atoms with E-state index in [2.05, 4.69) is 16.4 Å². The monoisotopic (exact) mass is 356 g/mol. The lowest BCUT2D eigenvalue weighted by Gasteiger charge is -2.12. The number of ether oxygens (including phenoxy) is 1. The topological polar surface area (TPSA) is 51.2 Å². The number of hydrogen-bond acceptors (Lipinski definition) is 3. The van der Waals surface area contributed by atoms with E-state index in [-0.39, 0.29) is 5.91 Å². The second-order valence-electron chi connectivity index (χ2n) is 6.43. The Balaban J connectivity index is 1.69. The van der Waals surface area contributed by atoms with Gasteiger partial charge in [0.1, 0.15) is 0 Å². The van der Waals surface area contributed by atoms with Crippen LogP contribution >= 0.6 is 0 Å². The molecule has 0 aliphatic carbocycles. The van der Waals surface area contributed by atoms with Gasteiger partial charge in [-0.25, -0.2) is 0 Å². The van der Waals surface area contributed by atoms with Crippen molar-refractivity contribution < 1.29 is 9.53 Å². The molecule has 4 heteroatoms. The number of rotatable bonds is 5. The quantitative estimate of drug-likeness (QED) is 0.537. The predicted octanol–water partition coefficient (Wildman–Crippen LogP) is 4.46. The van der Waals surface area contributed by atoms with Crippen LogP contribution < -0.4 is 5.32 Å². The summed E-state index contributed by atoms with van der Waals surface area (Å²) >= 11 is 0. The highest BCUT2D eigenvalue weighted by Gasteiger charge is 2.14. The summed E-state index contributed by atoms with van der Waals surface area (Å²) in [6.45, 7) is 0.964. The lowest BCUT2D eigenvalue weighted by molar-refractivity contribution is 0.0952. The van der Waals surface area contributed by atoms with Crippen LogP contribution in [0.2, 0.25) is 0 Å². The Kier molecular flexibility index (Phi) is 4.81. The van der Waals surface area contributed by atoms with Gasteiger partial charge in [-0.05, 0) is 34.0 Å². The number of hydrogen-bond donors (Lipinski definition) is 1. The fraction of sp³-hybridized carbons (Fsp3) is 0.130. The van der Waals surface area contributed by atoms with Gasteiger partial charge in [0.15, 0.2) is 0 Å². The van der Waals surface area contributed by atoms with E-state index in [0.717, 1.165) is 32.8 Å². The number of nitrogens with one attached hydrogen (secondary N) is 1. The zero-order valence-corrected chi connectivity index (χ0v) is 15.1. The van der Waals surface area contributed by atoms with E-state index in [9.17, 15) is 4.79 Å². The zero-order valence-electron chi connectivity index (χ0n) is 15.1. The molecule has 0 aliphatic heterocycles. The van der Waals surface area contributed by atoms with Gasteiger partial charge in [0, 0.05) is 25.2 Å². The van der Waals surface area contributed by atoms with Crippen LogP contribution in [0.25, 0.3) is 21.7 Å². The molecular weight excluding hydrogens is 336 g/mol. The van der Waals surface area contributed by atoms with Gasteiger partial charge in [-0.15, -0.1) is 0 Å². The van der Waals surface area contributed by atoms with E-state index in [1.54, 1.807) is 13.3 Å². The summed E-state index contributed by atoms with van der Waals surface area (Å²) in [4.78, 5) is 17.4. The summed E-state index contributed by atoms with van der Waals surface area (Å²) < 4.78 is 5.24. The molecule has 0 saturated heterocycles. The highest BCUT2D eigenvalue weighted by molar-refractivity contribution is 6.15. The summed E-state index contributed by atoms with van der Waals surface area (Å²) in [6, 6.07) is 21.8. The fourth-order valence-corrected chi connectivity index (χ4v) is 3.40. The third-order valence-corrected chi connectivity index (χ3v) is 4.72. The molecule has 0 atom stereocenters. The second-order valence-corrected chi connectivity index (χ2v) is 6.43. The maximum atomic E-state index is 13.0. The highest BCUT2D eigenvalue weighted by Crippen LogP contribution is 2.27. The van der Waals surface area contributed by atoms with Crippen molar-refractivity contribution in [1.29, 1.82) is 0 Å². The number of methoxy groups -OCH3 is 1. The van der Waals surface area contributed by atoms with Gasteiger partial charge in [0.05, 0.1) is 17.7 Å². The average molecular weight is 356 g/mol. The van der Waals surface area contributed by atoms with Crippen LogP contribution in [0.3, 0.4) is 0 Å². The molecule has 0 unspecified atom stereocenters. The van der Waals surface area contributed by atoms with Crippen molar-refractivity contribution >= 4 is 27.6 Å². The Hall–Kier alpha value is -3.24. The van der Waals surface area contributed by atoms with Crippen molar-refractivity contribution in [2.75, 3.05) is 7.11 Å². The van der Waals surface area contributed by atoms with Crippen molar-refractivity contribution in [3.05, 3.63) is 89.6 Å². The summed E-state index contributed by atoms with van der Waals surface area (Å²) in [5.74, 6) is -0.128. The van der Waals surface area contributed by atoms with Crippen LogP contribution in [0.1, 0.15) is 21.5 Å². The molecular formula is C23H20N2O2. The first-order valence-corrected chi connectivity index (χ1v) is 8.88. The standard InChI is InChI=1S/C23H20N2O2/c1-27-15-18-9-3-2-8-17(18)14-25-23(26)21-13-16-7-4-5-10-19(16)20-11-6-12-24-22(20)21/h2-13H,14-15H2,1H3,(H,25,26). The zero-order chi connectivity index (χ0) is 18.6. The van der Waals surface area contributed by atoms with E-state index in [4.69, 9.17) is 4.74 Å². The molecule has 1 aromatic heterocycles. The Morgan fingerprint density at radius 3 is 2.56 bits per heavy atom. The van der Waals surface area contributed by atoms with Gasteiger partial charge in [-0.3, -0.25) is 9.78 Å². The van der Waals surface area contributed by atoms with E-state index in [1.165, 1.54) is 0 Å². The molecule has 1 heterocycles. The van der Waals surface area contributed by atoms with E-state index in [0.29, 0.717) is 18.7 Å². The first-order chi connectivity index (χ1) is 13.3. The molecule has 3 aromatic carbocycles. The number of carbonyl (C=O) groups excluding carboxylic acids is 1. The lowest BCUT2D eigenvalue weighted by atomic mass is 10.00. The van der Waals surface area contributed by atoms with Crippen LogP contribution in [-0.2, 0) is 17.9 Å². The SMILES string of the molecule is COCc1ccccc1CNC(=O)c1cc2ccccc2c2cccnc12. The van der Waals surface area contributed by atoms with Crippen LogP contribution in [0.15, 0.2) is 72.9 Å². The van der Waals surface area contributed by atoms with Gasteiger partial charge in [0.25, 0.3) is 5.91 Å². The number of aromatic nitrogens is 1. The average Bonchev–Trinajstić information content (AvgIpc) is 2.72. The molecule has 0 saturated carbocycles. The molecule has 1 amide bonds. The summed E-state index contributed by atoms with van der Waals surface area (Å²) in [6.07, 6.45) is 1.72. The number of amides is 1. The summed E-state index contributed by atoms with van der Waals surface area (Å²) in [5, 5.41) is 6.15. The smallest absolute Gasteiger partial charge is 0.253 e. The minimum atomic E-state index is -0.128. The summed E-state index contributed by atoms with van der Waals surface area (Å²) in [5.41, 5.74) is 3.43. The van der Waals surface area contributed by atoms with Crippen LogP contribution in [0.4, 0.5) is 0 Å². The fourth-order valence-electron chi connectivity index (χ4n) is 3.40. The molecule has 4 aromatic rings. The molecule has 0 radical (unpaired) electrons. The molecule has 0 spiro atoms. The molecule has 0 fully saturated rings. The van der Waals surface area contributed by atoms with Crippen molar-refractivity contribution in [1.82, 2.24) is 10.3 Å². The number of benzene rings is 3. The van der Waals surface area contributed by atoms with Crippen molar-refractivity contribution in [3.63, 3.8) is 0 Å². The molecule has 134 valence electrons. The third kappa shape index (κ3) is 3.39. The molecule has 27 heavy (non-hydrogen) atoms. The first-order valence-electron chi connectivity index (χ1n) is 8.88. The largest absolute Gasteiger partial charge is 0.380 e. The molecule has 4 rings (SSSR count). The van der Waals surface area contributed by atoms with Gasteiger partial charge >= 0.3 is 0 Å². The minimum absolute atomic E-state index is 0.128. The van der Waals surface area contributed by atoms with Crippen LogP contribution in [0, 0.1) is 0 Å². The molecule has 1 N–H and O–H groups in total. The number of fused-ring (bicyclic) bond motifs is 3. The van der Waals surface area contributed by atoms with Crippen molar-refractivity contribution in [2.24, 2.45) is 0 Å². The van der Waals surface area contributed by atoms with Gasteiger partial charge in [-0.2, -0.15) is 0 Å².